The summed E-state index contributed by atoms with van der Waals surface area (Å²) >= 11 is 0. The van der Waals surface area contributed by atoms with Gasteiger partial charge in [0.2, 0.25) is 0 Å². The zero-order valence-electron chi connectivity index (χ0n) is 23.2. The van der Waals surface area contributed by atoms with Crippen LogP contribution in [-0.4, -0.2) is 0 Å². The van der Waals surface area contributed by atoms with Crippen molar-refractivity contribution in [2.45, 2.75) is 142 Å². The van der Waals surface area contributed by atoms with Crippen molar-refractivity contribution in [3.05, 3.63) is 35.4 Å². The van der Waals surface area contributed by atoms with Gasteiger partial charge in [-0.2, -0.15) is 0 Å². The quantitative estimate of drug-likeness (QED) is 0.341. The summed E-state index contributed by atoms with van der Waals surface area (Å²) in [5, 5.41) is 0. The summed E-state index contributed by atoms with van der Waals surface area (Å²) in [6.07, 6.45) is 23.4. The molecule has 4 rings (SSSR count). The van der Waals surface area contributed by atoms with E-state index in [0.717, 1.165) is 47.3 Å². The molecule has 0 N–H and O–H groups in total. The van der Waals surface area contributed by atoms with E-state index in [1.54, 1.807) is 11.1 Å². The van der Waals surface area contributed by atoms with Gasteiger partial charge < -0.3 is 0 Å². The van der Waals surface area contributed by atoms with Crippen molar-refractivity contribution in [2.75, 3.05) is 0 Å². The molecule has 1 aromatic carbocycles. The van der Waals surface area contributed by atoms with Crippen molar-refractivity contribution in [1.82, 2.24) is 0 Å². The Labute approximate surface area is 213 Å². The first-order valence-electron chi connectivity index (χ1n) is 15.7. The van der Waals surface area contributed by atoms with Gasteiger partial charge in [0, 0.05) is 0 Å². The Morgan fingerprint density at radius 1 is 0.647 bits per heavy atom. The van der Waals surface area contributed by atoms with E-state index in [4.69, 9.17) is 0 Å². The topological polar surface area (TPSA) is 0 Å². The van der Waals surface area contributed by atoms with E-state index >= 15 is 0 Å². The minimum absolute atomic E-state index is 0.732. The third-order valence-corrected chi connectivity index (χ3v) is 11.2. The summed E-state index contributed by atoms with van der Waals surface area (Å²) in [7, 11) is 0. The van der Waals surface area contributed by atoms with Gasteiger partial charge in [0.05, 0.1) is 0 Å². The van der Waals surface area contributed by atoms with E-state index in [0.29, 0.717) is 0 Å². The molecule has 2 atom stereocenters. The third-order valence-electron chi connectivity index (χ3n) is 11.2. The van der Waals surface area contributed by atoms with E-state index < -0.39 is 0 Å². The predicted molar refractivity (Wildman–Crippen MR) is 149 cm³/mol. The molecule has 0 radical (unpaired) electrons. The molecule has 34 heavy (non-hydrogen) atoms. The van der Waals surface area contributed by atoms with E-state index in [2.05, 4.69) is 52.0 Å². The van der Waals surface area contributed by atoms with Crippen LogP contribution in [-0.2, 0) is 0 Å². The average Bonchev–Trinajstić information content (AvgIpc) is 2.91. The predicted octanol–water partition coefficient (Wildman–Crippen LogP) is 10.9. The summed E-state index contributed by atoms with van der Waals surface area (Å²) in [6.45, 7) is 9.86. The van der Waals surface area contributed by atoms with Crippen molar-refractivity contribution >= 4 is 0 Å². The van der Waals surface area contributed by atoms with E-state index in [-0.39, 0.29) is 0 Å². The number of hydrogen-bond donors (Lipinski definition) is 0. The van der Waals surface area contributed by atoms with Crippen LogP contribution in [0.1, 0.15) is 153 Å². The van der Waals surface area contributed by atoms with Crippen LogP contribution in [0.15, 0.2) is 24.3 Å². The van der Waals surface area contributed by atoms with Gasteiger partial charge in [0.1, 0.15) is 0 Å². The first kappa shape index (κ1) is 26.3. The summed E-state index contributed by atoms with van der Waals surface area (Å²) < 4.78 is 0. The van der Waals surface area contributed by atoms with Gasteiger partial charge in [0.25, 0.3) is 0 Å². The van der Waals surface area contributed by atoms with Gasteiger partial charge in [-0.05, 0) is 123 Å². The van der Waals surface area contributed by atoms with Crippen molar-refractivity contribution in [2.24, 2.45) is 35.5 Å². The van der Waals surface area contributed by atoms with Crippen LogP contribution in [0, 0.1) is 35.5 Å². The molecule has 0 aliphatic heterocycles. The smallest absolute Gasteiger partial charge is 0.0162 e. The molecular weight excluding hydrogens is 408 g/mol. The highest BCUT2D eigenvalue weighted by Crippen LogP contribution is 2.45. The monoisotopic (exact) mass is 464 g/mol. The molecular formula is C34H56. The first-order chi connectivity index (χ1) is 16.6. The fraction of sp³-hybridized carbons (Fsp3) is 0.824. The molecule has 192 valence electrons. The Kier molecular flexibility index (Phi) is 10.0. The van der Waals surface area contributed by atoms with Crippen molar-refractivity contribution in [1.29, 1.82) is 0 Å². The molecule has 0 aromatic heterocycles. The third kappa shape index (κ3) is 6.70. The Balaban J connectivity index is 1.22. The van der Waals surface area contributed by atoms with Gasteiger partial charge in [-0.1, -0.05) is 90.5 Å². The molecule has 3 fully saturated rings. The Morgan fingerprint density at radius 2 is 1.18 bits per heavy atom. The summed E-state index contributed by atoms with van der Waals surface area (Å²) in [5.74, 6) is 7.50. The molecule has 1 aromatic rings. The molecule has 0 heteroatoms. The van der Waals surface area contributed by atoms with Crippen LogP contribution in [0.4, 0.5) is 0 Å². The normalized spacial score (nSPS) is 34.5. The maximum Gasteiger partial charge on any atom is -0.0162 e. The molecule has 3 saturated carbocycles. The second-order valence-corrected chi connectivity index (χ2v) is 13.0. The SMILES string of the molecule is CCCCC1CCC(C(C)C2CCC(C(C)c3ccc([C@H]4CC[C@H](CC)CC4)cc3)CC2)CC1. The maximum absolute atomic E-state index is 2.62. The number of unbranched alkanes of at least 4 members (excludes halogenated alkanes) is 1. The molecule has 0 heterocycles. The van der Waals surface area contributed by atoms with Crippen molar-refractivity contribution in [3.8, 4) is 0 Å². The molecule has 2 unspecified atom stereocenters. The van der Waals surface area contributed by atoms with Gasteiger partial charge in [-0.15, -0.1) is 0 Å². The summed E-state index contributed by atoms with van der Waals surface area (Å²) in [6, 6.07) is 9.98. The summed E-state index contributed by atoms with van der Waals surface area (Å²) in [5.41, 5.74) is 3.22. The zero-order chi connectivity index (χ0) is 23.9. The minimum atomic E-state index is 0.732. The summed E-state index contributed by atoms with van der Waals surface area (Å²) in [4.78, 5) is 0. The highest BCUT2D eigenvalue weighted by molar-refractivity contribution is 5.28. The maximum atomic E-state index is 2.62. The highest BCUT2D eigenvalue weighted by Gasteiger charge is 2.33. The number of rotatable bonds is 9. The Bertz CT molecular complexity index is 677. The number of hydrogen-bond acceptors (Lipinski definition) is 0. The van der Waals surface area contributed by atoms with Gasteiger partial charge >= 0.3 is 0 Å². The van der Waals surface area contributed by atoms with Gasteiger partial charge in [-0.25, -0.2) is 0 Å². The molecule has 0 saturated heterocycles. The fourth-order valence-electron chi connectivity index (χ4n) is 8.30. The standard InChI is InChI=1S/C34H56/c1-5-7-8-28-11-13-29(14-12-28)25(3)30-17-19-31(20-18-30)26(4)32-21-23-34(24-22-32)33-15-9-27(6-2)10-16-33/h21-31,33H,5-20H2,1-4H3/t25?,26?,27-,28?,29?,30?,31?,33-. The largest absolute Gasteiger partial charge is 0.0654 e. The molecule has 0 bridgehead atoms. The van der Waals surface area contributed by atoms with Crippen LogP contribution in [0.25, 0.3) is 0 Å². The lowest BCUT2D eigenvalue weighted by Gasteiger charge is -2.40. The first-order valence-corrected chi connectivity index (χ1v) is 15.7. The van der Waals surface area contributed by atoms with Crippen LogP contribution in [0.5, 0.6) is 0 Å². The van der Waals surface area contributed by atoms with Crippen molar-refractivity contribution in [3.63, 3.8) is 0 Å². The lowest BCUT2D eigenvalue weighted by atomic mass is 9.65. The minimum Gasteiger partial charge on any atom is -0.0654 e. The highest BCUT2D eigenvalue weighted by atomic mass is 14.4. The number of benzene rings is 1. The molecule has 0 nitrogen and oxygen atoms in total. The second-order valence-electron chi connectivity index (χ2n) is 13.0. The molecule has 0 amide bonds. The average molecular weight is 465 g/mol. The lowest BCUT2D eigenvalue weighted by Crippen LogP contribution is -2.29. The Morgan fingerprint density at radius 3 is 1.74 bits per heavy atom. The molecule has 3 aliphatic rings. The van der Waals surface area contributed by atoms with E-state index in [1.807, 2.05) is 0 Å². The van der Waals surface area contributed by atoms with Crippen molar-refractivity contribution < 1.29 is 0 Å². The van der Waals surface area contributed by atoms with Crippen LogP contribution >= 0.6 is 0 Å². The van der Waals surface area contributed by atoms with Crippen LogP contribution in [0.3, 0.4) is 0 Å². The fourth-order valence-corrected chi connectivity index (χ4v) is 8.30. The van der Waals surface area contributed by atoms with E-state index in [1.165, 1.54) is 103 Å². The van der Waals surface area contributed by atoms with E-state index in [9.17, 15) is 0 Å². The van der Waals surface area contributed by atoms with Crippen LogP contribution < -0.4 is 0 Å². The molecule has 3 aliphatic carbocycles. The van der Waals surface area contributed by atoms with Crippen LogP contribution in [0.2, 0.25) is 0 Å². The van der Waals surface area contributed by atoms with Gasteiger partial charge in [-0.3, -0.25) is 0 Å². The molecule has 0 spiro atoms. The van der Waals surface area contributed by atoms with Gasteiger partial charge in [0.15, 0.2) is 0 Å². The second kappa shape index (κ2) is 13.0. The lowest BCUT2D eigenvalue weighted by molar-refractivity contribution is 0.118. The Hall–Kier alpha value is -0.780. The zero-order valence-corrected chi connectivity index (χ0v) is 23.2.